The predicted molar refractivity (Wildman–Crippen MR) is 75.8 cm³/mol. The molecular formula is C14H24N4. The Bertz CT molecular complexity index is 372. The summed E-state index contributed by atoms with van der Waals surface area (Å²) in [4.78, 5) is 9.21. The summed E-state index contributed by atoms with van der Waals surface area (Å²) in [7, 11) is 2.10. The molecule has 0 spiro atoms. The molecule has 0 aromatic carbocycles. The molecule has 1 fully saturated rings. The van der Waals surface area contributed by atoms with Gasteiger partial charge in [0.05, 0.1) is 0 Å². The molecule has 18 heavy (non-hydrogen) atoms. The number of hydrogen-bond donors (Lipinski definition) is 1. The molecule has 0 unspecified atom stereocenters. The van der Waals surface area contributed by atoms with Crippen molar-refractivity contribution in [1.82, 2.24) is 9.88 Å². The highest BCUT2D eigenvalue weighted by Crippen LogP contribution is 2.21. The zero-order chi connectivity index (χ0) is 13.0. The third-order valence-electron chi connectivity index (χ3n) is 3.62. The van der Waals surface area contributed by atoms with Crippen LogP contribution in [0.15, 0.2) is 18.3 Å². The first-order valence-electron chi connectivity index (χ1n) is 6.82. The van der Waals surface area contributed by atoms with Crippen LogP contribution in [0.1, 0.15) is 31.4 Å². The summed E-state index contributed by atoms with van der Waals surface area (Å²) in [6, 6.07) is 4.05. The molecule has 1 aromatic heterocycles. The zero-order valence-corrected chi connectivity index (χ0v) is 11.5. The van der Waals surface area contributed by atoms with Gasteiger partial charge in [-0.2, -0.15) is 0 Å². The van der Waals surface area contributed by atoms with Crippen LogP contribution >= 0.6 is 0 Å². The largest absolute Gasteiger partial charge is 0.358 e. The second-order valence-electron chi connectivity index (χ2n) is 5.18. The molecule has 0 radical (unpaired) electrons. The monoisotopic (exact) mass is 248 g/mol. The van der Waals surface area contributed by atoms with Crippen LogP contribution in [-0.4, -0.2) is 43.1 Å². The van der Waals surface area contributed by atoms with Gasteiger partial charge in [-0.15, -0.1) is 0 Å². The molecule has 4 heteroatoms. The number of aromatic nitrogens is 1. The van der Waals surface area contributed by atoms with Crippen molar-refractivity contribution in [3.8, 4) is 0 Å². The molecule has 4 nitrogen and oxygen atoms in total. The van der Waals surface area contributed by atoms with Crippen LogP contribution in [0.4, 0.5) is 5.82 Å². The second kappa shape index (κ2) is 6.16. The Morgan fingerprint density at radius 3 is 2.83 bits per heavy atom. The van der Waals surface area contributed by atoms with Crippen LogP contribution in [-0.2, 0) is 0 Å². The van der Waals surface area contributed by atoms with E-state index in [1.165, 1.54) is 25.9 Å². The number of likely N-dealkylation sites (tertiary alicyclic amines) is 1. The van der Waals surface area contributed by atoms with Gasteiger partial charge < -0.3 is 15.5 Å². The van der Waals surface area contributed by atoms with E-state index in [-0.39, 0.29) is 6.04 Å². The molecule has 2 N–H and O–H groups in total. The Morgan fingerprint density at radius 2 is 2.17 bits per heavy atom. The highest BCUT2D eigenvalue weighted by molar-refractivity contribution is 5.47. The zero-order valence-electron chi connectivity index (χ0n) is 11.5. The van der Waals surface area contributed by atoms with Crippen molar-refractivity contribution in [2.24, 2.45) is 5.73 Å². The average Bonchev–Trinajstić information content (AvgIpc) is 2.89. The summed E-state index contributed by atoms with van der Waals surface area (Å²) in [5, 5.41) is 0. The van der Waals surface area contributed by atoms with Gasteiger partial charge in [0.1, 0.15) is 5.82 Å². The first-order valence-corrected chi connectivity index (χ1v) is 6.82. The van der Waals surface area contributed by atoms with Gasteiger partial charge in [0, 0.05) is 37.9 Å². The topological polar surface area (TPSA) is 45.4 Å². The molecule has 2 heterocycles. The normalized spacial score (nSPS) is 17.9. The van der Waals surface area contributed by atoms with Crippen LogP contribution in [0.25, 0.3) is 0 Å². The van der Waals surface area contributed by atoms with E-state index in [1.807, 2.05) is 19.2 Å². The highest BCUT2D eigenvalue weighted by atomic mass is 15.2. The minimum absolute atomic E-state index is 0.0305. The molecule has 1 aliphatic heterocycles. The lowest BCUT2D eigenvalue weighted by atomic mass is 10.1. The van der Waals surface area contributed by atoms with Crippen molar-refractivity contribution >= 4 is 5.82 Å². The molecule has 0 amide bonds. The number of likely N-dealkylation sites (N-methyl/N-ethyl adjacent to an activating group) is 1. The average molecular weight is 248 g/mol. The van der Waals surface area contributed by atoms with Crippen LogP contribution in [0.2, 0.25) is 0 Å². The molecule has 0 saturated carbocycles. The Kier molecular flexibility index (Phi) is 4.55. The molecule has 1 saturated heterocycles. The van der Waals surface area contributed by atoms with Crippen molar-refractivity contribution < 1.29 is 0 Å². The number of anilines is 1. The quantitative estimate of drug-likeness (QED) is 0.860. The van der Waals surface area contributed by atoms with Gasteiger partial charge in [-0.25, -0.2) is 4.98 Å². The standard InChI is InChI=1S/C14H24N4/c1-12(15)13-6-5-7-16-14(13)17(2)10-11-18-8-3-4-9-18/h5-7,12H,3-4,8-11,15H2,1-2H3/t12-/m0/s1. The number of hydrogen-bond acceptors (Lipinski definition) is 4. The maximum absolute atomic E-state index is 5.99. The molecule has 1 aliphatic rings. The summed E-state index contributed by atoms with van der Waals surface area (Å²) >= 11 is 0. The molecular weight excluding hydrogens is 224 g/mol. The van der Waals surface area contributed by atoms with E-state index in [1.54, 1.807) is 0 Å². The molecule has 0 aliphatic carbocycles. The van der Waals surface area contributed by atoms with Gasteiger partial charge >= 0.3 is 0 Å². The Morgan fingerprint density at radius 1 is 1.44 bits per heavy atom. The van der Waals surface area contributed by atoms with Crippen LogP contribution in [0.3, 0.4) is 0 Å². The van der Waals surface area contributed by atoms with Gasteiger partial charge in [0.2, 0.25) is 0 Å². The fourth-order valence-corrected chi connectivity index (χ4v) is 2.49. The molecule has 100 valence electrons. The lowest BCUT2D eigenvalue weighted by Gasteiger charge is -2.25. The van der Waals surface area contributed by atoms with Gasteiger partial charge in [-0.1, -0.05) is 6.07 Å². The smallest absolute Gasteiger partial charge is 0.133 e. The Labute approximate surface area is 110 Å². The molecule has 2 rings (SSSR count). The maximum Gasteiger partial charge on any atom is 0.133 e. The number of nitrogens with two attached hydrogens (primary N) is 1. The SMILES string of the molecule is C[C@H](N)c1cccnc1N(C)CCN1CCCC1. The first-order chi connectivity index (χ1) is 8.68. The van der Waals surface area contributed by atoms with Crippen LogP contribution in [0, 0.1) is 0 Å². The fourth-order valence-electron chi connectivity index (χ4n) is 2.49. The Balaban J connectivity index is 1.97. The minimum Gasteiger partial charge on any atom is -0.358 e. The number of nitrogens with zero attached hydrogens (tertiary/aromatic N) is 3. The highest BCUT2D eigenvalue weighted by Gasteiger charge is 2.15. The van der Waals surface area contributed by atoms with E-state index in [2.05, 4.69) is 27.9 Å². The lowest BCUT2D eigenvalue weighted by molar-refractivity contribution is 0.346. The van der Waals surface area contributed by atoms with E-state index >= 15 is 0 Å². The lowest BCUT2D eigenvalue weighted by Crippen LogP contribution is -2.32. The van der Waals surface area contributed by atoms with Crippen LogP contribution in [0.5, 0.6) is 0 Å². The van der Waals surface area contributed by atoms with Crippen molar-refractivity contribution in [2.45, 2.75) is 25.8 Å². The van der Waals surface area contributed by atoms with Crippen LogP contribution < -0.4 is 10.6 Å². The summed E-state index contributed by atoms with van der Waals surface area (Å²) in [5.41, 5.74) is 7.12. The molecule has 0 bridgehead atoms. The van der Waals surface area contributed by atoms with E-state index in [9.17, 15) is 0 Å². The van der Waals surface area contributed by atoms with E-state index < -0.39 is 0 Å². The summed E-state index contributed by atoms with van der Waals surface area (Å²) < 4.78 is 0. The Hall–Kier alpha value is -1.13. The van der Waals surface area contributed by atoms with Crippen molar-refractivity contribution in [2.75, 3.05) is 38.1 Å². The van der Waals surface area contributed by atoms with E-state index in [0.717, 1.165) is 24.5 Å². The summed E-state index contributed by atoms with van der Waals surface area (Å²) in [6.45, 7) is 6.63. The summed E-state index contributed by atoms with van der Waals surface area (Å²) in [6.07, 6.45) is 4.53. The fraction of sp³-hybridized carbons (Fsp3) is 0.643. The predicted octanol–water partition coefficient (Wildman–Crippen LogP) is 1.63. The third kappa shape index (κ3) is 3.21. The summed E-state index contributed by atoms with van der Waals surface area (Å²) in [5.74, 6) is 1.02. The van der Waals surface area contributed by atoms with E-state index in [4.69, 9.17) is 5.73 Å². The van der Waals surface area contributed by atoms with Gasteiger partial charge in [-0.05, 0) is 38.9 Å². The first kappa shape index (κ1) is 13.3. The number of pyridine rings is 1. The maximum atomic E-state index is 5.99. The molecule has 1 aromatic rings. The van der Waals surface area contributed by atoms with Crippen molar-refractivity contribution in [1.29, 1.82) is 0 Å². The third-order valence-corrected chi connectivity index (χ3v) is 3.62. The van der Waals surface area contributed by atoms with E-state index in [0.29, 0.717) is 0 Å². The second-order valence-corrected chi connectivity index (χ2v) is 5.18. The van der Waals surface area contributed by atoms with Gasteiger partial charge in [0.25, 0.3) is 0 Å². The minimum atomic E-state index is 0.0305. The van der Waals surface area contributed by atoms with Crippen molar-refractivity contribution in [3.63, 3.8) is 0 Å². The molecule has 1 atom stereocenters. The number of rotatable bonds is 5. The van der Waals surface area contributed by atoms with Crippen molar-refractivity contribution in [3.05, 3.63) is 23.9 Å². The van der Waals surface area contributed by atoms with Gasteiger partial charge in [-0.3, -0.25) is 0 Å². The van der Waals surface area contributed by atoms with Gasteiger partial charge in [0.15, 0.2) is 0 Å².